The molecule has 3 aromatic heterocycles. The van der Waals surface area contributed by atoms with Crippen LogP contribution in [0.25, 0.3) is 21.3 Å². The van der Waals surface area contributed by atoms with Gasteiger partial charge in [-0.2, -0.15) is 5.10 Å². The molecule has 1 aliphatic rings. The molecule has 3 heterocycles. The van der Waals surface area contributed by atoms with Gasteiger partial charge in [0.2, 0.25) is 0 Å². The molecule has 35 heavy (non-hydrogen) atoms. The third-order valence-electron chi connectivity index (χ3n) is 6.57. The number of aldehydes is 1. The number of nitrogens with zero attached hydrogens (tertiary/aromatic N) is 3. The van der Waals surface area contributed by atoms with E-state index in [0.29, 0.717) is 40.6 Å². The number of fused-ring (bicyclic) bond motifs is 1. The lowest BCUT2D eigenvalue weighted by molar-refractivity contribution is 0.112. The zero-order valence-electron chi connectivity index (χ0n) is 20.1. The van der Waals surface area contributed by atoms with E-state index in [1.807, 2.05) is 27.7 Å². The van der Waals surface area contributed by atoms with Gasteiger partial charge in [0.05, 0.1) is 16.6 Å². The van der Waals surface area contributed by atoms with Crippen LogP contribution in [0.4, 0.5) is 4.39 Å². The minimum atomic E-state index is -0.613. The molecule has 0 amide bonds. The molecule has 7 nitrogen and oxygen atoms in total. The van der Waals surface area contributed by atoms with Crippen molar-refractivity contribution < 1.29 is 9.18 Å². The van der Waals surface area contributed by atoms with Gasteiger partial charge < -0.3 is 0 Å². The summed E-state index contributed by atoms with van der Waals surface area (Å²) in [6.45, 7) is 8.42. The lowest BCUT2D eigenvalue weighted by Crippen LogP contribution is -2.39. The number of thiophene rings is 1. The van der Waals surface area contributed by atoms with Crippen molar-refractivity contribution >= 4 is 27.8 Å². The van der Waals surface area contributed by atoms with Crippen LogP contribution < -0.4 is 11.2 Å². The number of aromatic amines is 1. The SMILES string of the molecule is Cc1n[nH]c(C)c1Cc1sc2c(c1-c1ccc(F)c(C=O)c1)c(=O)n(C1CC1)c(=O)n2CC(C)C. The van der Waals surface area contributed by atoms with E-state index < -0.39 is 5.82 Å². The number of aromatic nitrogens is 4. The Balaban J connectivity index is 1.89. The Kier molecular flexibility index (Phi) is 5.83. The van der Waals surface area contributed by atoms with Crippen LogP contribution in [-0.2, 0) is 13.0 Å². The second-order valence-corrected chi connectivity index (χ2v) is 10.8. The summed E-state index contributed by atoms with van der Waals surface area (Å²) in [5.74, 6) is -0.417. The number of hydrogen-bond acceptors (Lipinski definition) is 5. The molecule has 0 unspecified atom stereocenters. The molecule has 0 atom stereocenters. The van der Waals surface area contributed by atoms with Gasteiger partial charge in [0.25, 0.3) is 5.56 Å². The summed E-state index contributed by atoms with van der Waals surface area (Å²) in [6.07, 6.45) is 2.58. The maximum atomic E-state index is 14.2. The highest BCUT2D eigenvalue weighted by molar-refractivity contribution is 7.19. The largest absolute Gasteiger partial charge is 0.332 e. The maximum absolute atomic E-state index is 14.2. The highest BCUT2D eigenvalue weighted by atomic mass is 32.1. The van der Waals surface area contributed by atoms with E-state index in [-0.39, 0.29) is 28.8 Å². The topological polar surface area (TPSA) is 89.8 Å². The van der Waals surface area contributed by atoms with Gasteiger partial charge in [-0.3, -0.25) is 23.8 Å². The van der Waals surface area contributed by atoms with Crippen molar-refractivity contribution in [1.82, 2.24) is 19.3 Å². The first kappa shape index (κ1) is 23.4. The number of carbonyl (C=O) groups excluding carboxylic acids is 1. The lowest BCUT2D eigenvalue weighted by Gasteiger charge is -2.14. The van der Waals surface area contributed by atoms with Crippen molar-refractivity contribution in [2.45, 2.75) is 59.5 Å². The van der Waals surface area contributed by atoms with Crippen molar-refractivity contribution in [2.75, 3.05) is 0 Å². The lowest BCUT2D eigenvalue weighted by atomic mass is 9.98. The molecule has 9 heteroatoms. The summed E-state index contributed by atoms with van der Waals surface area (Å²) in [5, 5.41) is 7.77. The molecule has 1 aromatic carbocycles. The summed E-state index contributed by atoms with van der Waals surface area (Å²) < 4.78 is 17.3. The van der Waals surface area contributed by atoms with Crippen LogP contribution in [0.1, 0.15) is 64.9 Å². The highest BCUT2D eigenvalue weighted by Gasteiger charge is 2.31. The zero-order valence-corrected chi connectivity index (χ0v) is 21.0. The number of H-pyrrole nitrogens is 1. The van der Waals surface area contributed by atoms with E-state index in [1.54, 1.807) is 10.6 Å². The van der Waals surface area contributed by atoms with Crippen LogP contribution in [0.3, 0.4) is 0 Å². The fourth-order valence-electron chi connectivity index (χ4n) is 4.67. The number of rotatable bonds is 7. The maximum Gasteiger partial charge on any atom is 0.332 e. The third kappa shape index (κ3) is 3.97. The Hall–Kier alpha value is -3.33. The van der Waals surface area contributed by atoms with Gasteiger partial charge in [-0.1, -0.05) is 19.9 Å². The van der Waals surface area contributed by atoms with E-state index in [4.69, 9.17) is 0 Å². The van der Waals surface area contributed by atoms with Crippen LogP contribution in [0.15, 0.2) is 27.8 Å². The molecule has 5 rings (SSSR count). The van der Waals surface area contributed by atoms with Crippen LogP contribution in [0.2, 0.25) is 0 Å². The molecule has 182 valence electrons. The van der Waals surface area contributed by atoms with Gasteiger partial charge in [-0.25, -0.2) is 9.18 Å². The van der Waals surface area contributed by atoms with E-state index in [0.717, 1.165) is 34.7 Å². The average Bonchev–Trinajstić information content (AvgIpc) is 3.50. The molecular formula is C26H27FN4O3S. The van der Waals surface area contributed by atoms with E-state index in [2.05, 4.69) is 10.2 Å². The molecule has 0 spiro atoms. The van der Waals surface area contributed by atoms with E-state index in [1.165, 1.54) is 28.0 Å². The van der Waals surface area contributed by atoms with Crippen molar-refractivity contribution in [3.63, 3.8) is 0 Å². The normalized spacial score (nSPS) is 13.8. The second-order valence-electron chi connectivity index (χ2n) is 9.72. The first-order valence-corrected chi connectivity index (χ1v) is 12.6. The molecule has 0 saturated heterocycles. The van der Waals surface area contributed by atoms with Crippen molar-refractivity contribution in [1.29, 1.82) is 0 Å². The van der Waals surface area contributed by atoms with Gasteiger partial charge in [-0.05, 0) is 50.3 Å². The van der Waals surface area contributed by atoms with Crippen molar-refractivity contribution in [3.05, 3.63) is 72.2 Å². The number of halogens is 1. The van der Waals surface area contributed by atoms with Gasteiger partial charge in [0, 0.05) is 40.7 Å². The summed E-state index contributed by atoms with van der Waals surface area (Å²) in [7, 11) is 0. The number of nitrogens with one attached hydrogen (secondary N) is 1. The average molecular weight is 495 g/mol. The number of aryl methyl sites for hydroxylation is 2. The molecule has 4 aromatic rings. The molecule has 0 bridgehead atoms. The monoisotopic (exact) mass is 494 g/mol. The molecule has 1 fully saturated rings. The van der Waals surface area contributed by atoms with Gasteiger partial charge >= 0.3 is 5.69 Å². The minimum Gasteiger partial charge on any atom is -0.298 e. The molecule has 0 aliphatic heterocycles. The van der Waals surface area contributed by atoms with Gasteiger partial charge in [0.1, 0.15) is 10.6 Å². The highest BCUT2D eigenvalue weighted by Crippen LogP contribution is 2.40. The van der Waals surface area contributed by atoms with Crippen LogP contribution in [-0.4, -0.2) is 25.6 Å². The molecule has 1 N–H and O–H groups in total. The van der Waals surface area contributed by atoms with Gasteiger partial charge in [-0.15, -0.1) is 11.3 Å². The Morgan fingerprint density at radius 3 is 2.60 bits per heavy atom. The van der Waals surface area contributed by atoms with Crippen LogP contribution in [0.5, 0.6) is 0 Å². The fraction of sp³-hybridized carbons (Fsp3) is 0.385. The smallest absolute Gasteiger partial charge is 0.298 e. The predicted molar refractivity (Wildman–Crippen MR) is 135 cm³/mol. The Bertz CT molecular complexity index is 1570. The number of benzene rings is 1. The molecular weight excluding hydrogens is 467 g/mol. The Labute approximate surface area is 205 Å². The Morgan fingerprint density at radius 1 is 1.26 bits per heavy atom. The number of carbonyl (C=O) groups is 1. The van der Waals surface area contributed by atoms with Crippen molar-refractivity contribution in [2.24, 2.45) is 5.92 Å². The van der Waals surface area contributed by atoms with Gasteiger partial charge in [0.15, 0.2) is 6.29 Å². The third-order valence-corrected chi connectivity index (χ3v) is 7.78. The zero-order chi connectivity index (χ0) is 25.0. The summed E-state index contributed by atoms with van der Waals surface area (Å²) in [5.41, 5.74) is 3.37. The van der Waals surface area contributed by atoms with E-state index >= 15 is 0 Å². The standard InChI is InChI=1S/C26H27FN4O3S/c1-13(2)11-30-25-23(24(33)31(26(30)34)18-6-7-18)22(16-5-8-20(27)17(9-16)12-32)21(35-25)10-19-14(3)28-29-15(19)4/h5,8-9,12-13,18H,6-7,10-11H2,1-4H3,(H,28,29). The summed E-state index contributed by atoms with van der Waals surface area (Å²) >= 11 is 1.42. The molecule has 1 saturated carbocycles. The van der Waals surface area contributed by atoms with Crippen LogP contribution >= 0.6 is 11.3 Å². The quantitative estimate of drug-likeness (QED) is 0.375. The predicted octanol–water partition coefficient (Wildman–Crippen LogP) is 4.76. The number of hydrogen-bond donors (Lipinski definition) is 1. The summed E-state index contributed by atoms with van der Waals surface area (Å²) in [4.78, 5) is 40.3. The fourth-order valence-corrected chi connectivity index (χ4v) is 6.00. The first-order chi connectivity index (χ1) is 16.7. The summed E-state index contributed by atoms with van der Waals surface area (Å²) in [6, 6.07) is 4.25. The molecule has 1 aliphatic carbocycles. The van der Waals surface area contributed by atoms with Crippen LogP contribution in [0, 0.1) is 25.6 Å². The second kappa shape index (κ2) is 8.71. The minimum absolute atomic E-state index is 0.0681. The Morgan fingerprint density at radius 2 is 2.00 bits per heavy atom. The van der Waals surface area contributed by atoms with E-state index in [9.17, 15) is 18.8 Å². The first-order valence-electron chi connectivity index (χ1n) is 11.8. The van der Waals surface area contributed by atoms with Crippen molar-refractivity contribution in [3.8, 4) is 11.1 Å². The molecule has 0 radical (unpaired) electrons.